The number of aryl methyl sites for hydroxylation is 2. The van der Waals surface area contributed by atoms with Gasteiger partial charge in [-0.25, -0.2) is 13.4 Å². The number of carboxylic acids is 1. The molecule has 1 aliphatic rings. The van der Waals surface area contributed by atoms with E-state index < -0.39 is 16.0 Å². The zero-order chi connectivity index (χ0) is 24.3. The molecule has 34 heavy (non-hydrogen) atoms. The van der Waals surface area contributed by atoms with Crippen LogP contribution in [0.2, 0.25) is 0 Å². The summed E-state index contributed by atoms with van der Waals surface area (Å²) in [6, 6.07) is 13.4. The van der Waals surface area contributed by atoms with Crippen molar-refractivity contribution >= 4 is 16.0 Å². The molecule has 3 aromatic rings. The number of aromatic nitrogens is 1. The lowest BCUT2D eigenvalue weighted by Crippen LogP contribution is -2.36. The molecule has 0 amide bonds. The Hall–Kier alpha value is -3.17. The molecule has 0 unspecified atom stereocenters. The second kappa shape index (κ2) is 9.99. The van der Waals surface area contributed by atoms with Crippen LogP contribution in [-0.2, 0) is 40.6 Å². The molecule has 2 heterocycles. The number of fused-ring (bicyclic) bond motifs is 1. The highest BCUT2D eigenvalue weighted by Crippen LogP contribution is 2.33. The van der Waals surface area contributed by atoms with Crippen molar-refractivity contribution in [2.45, 2.75) is 39.2 Å². The van der Waals surface area contributed by atoms with Crippen molar-refractivity contribution in [3.63, 3.8) is 0 Å². The van der Waals surface area contributed by atoms with E-state index in [1.54, 1.807) is 0 Å². The first kappa shape index (κ1) is 24.0. The van der Waals surface area contributed by atoms with Gasteiger partial charge in [-0.1, -0.05) is 24.3 Å². The van der Waals surface area contributed by atoms with Crippen molar-refractivity contribution in [2.24, 2.45) is 0 Å². The Morgan fingerprint density at radius 2 is 1.91 bits per heavy atom. The minimum absolute atomic E-state index is 0.0132. The topological polar surface area (TPSA) is 110 Å². The normalized spacial score (nSPS) is 14.1. The molecule has 8 nitrogen and oxygen atoms in total. The number of aliphatic carboxylic acids is 1. The van der Waals surface area contributed by atoms with E-state index in [4.69, 9.17) is 14.3 Å². The van der Waals surface area contributed by atoms with Crippen LogP contribution in [0.3, 0.4) is 0 Å². The quantitative estimate of drug-likeness (QED) is 0.494. The lowest BCUT2D eigenvalue weighted by molar-refractivity contribution is -0.136. The number of benzene rings is 2. The predicted molar refractivity (Wildman–Crippen MR) is 127 cm³/mol. The molecular formula is C25H28N2O6S. The van der Waals surface area contributed by atoms with Gasteiger partial charge in [0.2, 0.25) is 15.9 Å². The van der Waals surface area contributed by atoms with E-state index in [9.17, 15) is 13.2 Å². The molecule has 1 aromatic heterocycles. The van der Waals surface area contributed by atoms with Gasteiger partial charge in [0.15, 0.2) is 0 Å². The summed E-state index contributed by atoms with van der Waals surface area (Å²) >= 11 is 0. The van der Waals surface area contributed by atoms with Crippen molar-refractivity contribution in [3.8, 4) is 17.2 Å². The summed E-state index contributed by atoms with van der Waals surface area (Å²) in [5.41, 5.74) is 4.38. The molecule has 1 aliphatic heterocycles. The molecule has 0 saturated carbocycles. The number of hydrogen-bond donors (Lipinski definition) is 1. The van der Waals surface area contributed by atoms with Gasteiger partial charge >= 0.3 is 5.97 Å². The van der Waals surface area contributed by atoms with Crippen LogP contribution in [0, 0.1) is 6.92 Å². The largest absolute Gasteiger partial charge is 0.493 e. The molecule has 0 fully saturated rings. The summed E-state index contributed by atoms with van der Waals surface area (Å²) in [5, 5.41) is 9.09. The van der Waals surface area contributed by atoms with Crippen molar-refractivity contribution in [1.82, 2.24) is 9.29 Å². The maximum atomic E-state index is 12.1. The monoisotopic (exact) mass is 484 g/mol. The lowest BCUT2D eigenvalue weighted by atomic mass is 9.92. The number of oxazole rings is 1. The molecular weight excluding hydrogens is 456 g/mol. The van der Waals surface area contributed by atoms with Crippen LogP contribution in [0.15, 0.2) is 46.9 Å². The highest BCUT2D eigenvalue weighted by molar-refractivity contribution is 7.88. The average Bonchev–Trinajstić information content (AvgIpc) is 3.18. The molecule has 1 N–H and O–H groups in total. The van der Waals surface area contributed by atoms with E-state index >= 15 is 0 Å². The minimum Gasteiger partial charge on any atom is -0.493 e. The van der Waals surface area contributed by atoms with Crippen LogP contribution in [-0.4, -0.2) is 48.2 Å². The van der Waals surface area contributed by atoms with Crippen LogP contribution >= 0.6 is 0 Å². The van der Waals surface area contributed by atoms with Crippen LogP contribution in [0.1, 0.15) is 34.6 Å². The van der Waals surface area contributed by atoms with Crippen LogP contribution < -0.4 is 4.74 Å². The Morgan fingerprint density at radius 1 is 1.15 bits per heavy atom. The Balaban J connectivity index is 1.51. The van der Waals surface area contributed by atoms with Gasteiger partial charge in [-0.3, -0.25) is 4.79 Å². The first-order valence-electron chi connectivity index (χ1n) is 11.2. The number of hydrogen-bond acceptors (Lipinski definition) is 6. The van der Waals surface area contributed by atoms with Gasteiger partial charge in [0.05, 0.1) is 18.6 Å². The molecule has 4 rings (SSSR count). The van der Waals surface area contributed by atoms with Gasteiger partial charge in [0.25, 0.3) is 0 Å². The van der Waals surface area contributed by atoms with E-state index in [2.05, 4.69) is 4.98 Å². The number of sulfonamides is 1. The summed E-state index contributed by atoms with van der Waals surface area (Å²) in [7, 11) is -3.35. The summed E-state index contributed by atoms with van der Waals surface area (Å²) in [6.45, 7) is 2.86. The Morgan fingerprint density at radius 3 is 2.62 bits per heavy atom. The molecule has 0 bridgehead atoms. The summed E-state index contributed by atoms with van der Waals surface area (Å²) in [5.74, 6) is 1.14. The third kappa shape index (κ3) is 5.48. The van der Waals surface area contributed by atoms with Crippen molar-refractivity contribution in [1.29, 1.82) is 0 Å². The highest BCUT2D eigenvalue weighted by Gasteiger charge is 2.27. The van der Waals surface area contributed by atoms with E-state index in [1.807, 2.05) is 49.4 Å². The second-order valence-electron chi connectivity index (χ2n) is 8.41. The van der Waals surface area contributed by atoms with Crippen LogP contribution in [0.25, 0.3) is 11.5 Å². The molecule has 0 radical (unpaired) electrons. The molecule has 0 atom stereocenters. The fourth-order valence-corrected chi connectivity index (χ4v) is 4.99. The standard InChI is InChI=1S/C25H28N2O6S/c1-17-22(26-25(33-17)19-6-4-3-5-7-19)13-15-32-23-10-8-18(9-11-24(28)29)21-16-27(34(2,30)31)14-12-20(21)23/h3-8,10H,9,11-16H2,1-2H3,(H,28,29). The SMILES string of the molecule is Cc1oc(-c2ccccc2)nc1CCOc1ccc(CCC(=O)O)c2c1CCN(S(C)(=O)=O)C2. The van der Waals surface area contributed by atoms with E-state index in [0.717, 1.165) is 33.7 Å². The third-order valence-corrected chi connectivity index (χ3v) is 7.27. The average molecular weight is 485 g/mol. The van der Waals surface area contributed by atoms with Crippen molar-refractivity contribution in [2.75, 3.05) is 19.4 Å². The fourth-order valence-electron chi connectivity index (χ4n) is 4.20. The maximum absolute atomic E-state index is 12.1. The van der Waals surface area contributed by atoms with Crippen LogP contribution in [0.4, 0.5) is 0 Å². The molecule has 0 aliphatic carbocycles. The fraction of sp³-hybridized carbons (Fsp3) is 0.360. The zero-order valence-electron chi connectivity index (χ0n) is 19.3. The number of carbonyl (C=O) groups is 1. The predicted octanol–water partition coefficient (Wildman–Crippen LogP) is 3.61. The molecule has 180 valence electrons. The van der Waals surface area contributed by atoms with Gasteiger partial charge in [0.1, 0.15) is 11.5 Å². The van der Waals surface area contributed by atoms with E-state index in [0.29, 0.717) is 44.1 Å². The first-order chi connectivity index (χ1) is 16.2. The maximum Gasteiger partial charge on any atom is 0.303 e. The number of carboxylic acid groups (broad SMARTS) is 1. The molecule has 0 spiro atoms. The van der Waals surface area contributed by atoms with Gasteiger partial charge < -0.3 is 14.3 Å². The van der Waals surface area contributed by atoms with Gasteiger partial charge in [0, 0.05) is 37.1 Å². The zero-order valence-corrected chi connectivity index (χ0v) is 20.1. The smallest absolute Gasteiger partial charge is 0.303 e. The molecule has 9 heteroatoms. The first-order valence-corrected chi connectivity index (χ1v) is 13.0. The summed E-state index contributed by atoms with van der Waals surface area (Å²) < 4.78 is 37.6. The number of nitrogens with zero attached hydrogens (tertiary/aromatic N) is 2. The Labute approximate surface area is 199 Å². The van der Waals surface area contributed by atoms with Gasteiger partial charge in [-0.2, -0.15) is 4.31 Å². The summed E-state index contributed by atoms with van der Waals surface area (Å²) in [6.07, 6.45) is 2.60. The summed E-state index contributed by atoms with van der Waals surface area (Å²) in [4.78, 5) is 15.7. The van der Waals surface area contributed by atoms with E-state index in [1.165, 1.54) is 10.6 Å². The third-order valence-electron chi connectivity index (χ3n) is 6.02. The van der Waals surface area contributed by atoms with Crippen molar-refractivity contribution in [3.05, 3.63) is 70.6 Å². The number of ether oxygens (including phenoxy) is 1. The minimum atomic E-state index is -3.35. The van der Waals surface area contributed by atoms with Gasteiger partial charge in [-0.15, -0.1) is 0 Å². The van der Waals surface area contributed by atoms with Crippen molar-refractivity contribution < 1.29 is 27.5 Å². The number of rotatable bonds is 9. The molecule has 2 aromatic carbocycles. The van der Waals surface area contributed by atoms with Crippen LogP contribution in [0.5, 0.6) is 5.75 Å². The second-order valence-corrected chi connectivity index (χ2v) is 10.4. The Bertz CT molecular complexity index is 1280. The van der Waals surface area contributed by atoms with Gasteiger partial charge in [-0.05, 0) is 49.1 Å². The Kier molecular flexibility index (Phi) is 7.04. The lowest BCUT2D eigenvalue weighted by Gasteiger charge is -2.30. The highest BCUT2D eigenvalue weighted by atomic mass is 32.2. The van der Waals surface area contributed by atoms with E-state index in [-0.39, 0.29) is 13.0 Å². The molecule has 0 saturated heterocycles.